The highest BCUT2D eigenvalue weighted by Crippen LogP contribution is 2.26. The maximum atomic E-state index is 4.80. The molecule has 1 atom stereocenters. The van der Waals surface area contributed by atoms with Crippen LogP contribution in [0.1, 0.15) is 56.4 Å². The zero-order chi connectivity index (χ0) is 15.3. The lowest BCUT2D eigenvalue weighted by molar-refractivity contribution is 0.521. The summed E-state index contributed by atoms with van der Waals surface area (Å²) < 4.78 is 0. The van der Waals surface area contributed by atoms with Crippen LogP contribution in [0.15, 0.2) is 23.8 Å². The molecule has 0 saturated carbocycles. The van der Waals surface area contributed by atoms with E-state index >= 15 is 0 Å². The number of nitrogens with zero attached hydrogens (tertiary/aromatic N) is 3. The predicted octanol–water partition coefficient (Wildman–Crippen LogP) is 3.51. The molecule has 21 heavy (non-hydrogen) atoms. The molecule has 0 fully saturated rings. The summed E-state index contributed by atoms with van der Waals surface area (Å²) in [4.78, 5) is 4.80. The third-order valence-corrected chi connectivity index (χ3v) is 4.22. The summed E-state index contributed by atoms with van der Waals surface area (Å²) in [6, 6.07) is 2.28. The molecule has 0 bridgehead atoms. The zero-order valence-corrected chi connectivity index (χ0v) is 14.1. The summed E-state index contributed by atoms with van der Waals surface area (Å²) in [5.41, 5.74) is 2.45. The molecule has 0 aliphatic carbocycles. The van der Waals surface area contributed by atoms with Crippen LogP contribution in [0.2, 0.25) is 0 Å². The van der Waals surface area contributed by atoms with Gasteiger partial charge in [-0.2, -0.15) is 10.2 Å². The van der Waals surface area contributed by atoms with Crippen molar-refractivity contribution in [1.82, 2.24) is 20.5 Å². The highest BCUT2D eigenvalue weighted by atomic mass is 32.1. The van der Waals surface area contributed by atoms with Crippen LogP contribution in [-0.4, -0.2) is 21.7 Å². The minimum atomic E-state index is 0.110. The quantitative estimate of drug-likeness (QED) is 0.887. The van der Waals surface area contributed by atoms with Crippen LogP contribution in [0.4, 0.5) is 0 Å². The molecule has 0 spiro atoms. The lowest BCUT2D eigenvalue weighted by Gasteiger charge is -2.17. The topological polar surface area (TPSA) is 50.7 Å². The first-order chi connectivity index (χ1) is 10.0. The molecule has 1 unspecified atom stereocenters. The normalized spacial score (nSPS) is 13.3. The maximum absolute atomic E-state index is 4.80. The van der Waals surface area contributed by atoms with Crippen molar-refractivity contribution in [2.45, 2.75) is 52.0 Å². The van der Waals surface area contributed by atoms with E-state index < -0.39 is 0 Å². The van der Waals surface area contributed by atoms with Crippen molar-refractivity contribution in [2.75, 3.05) is 6.54 Å². The molecule has 0 aliphatic rings. The molecule has 0 saturated heterocycles. The molecule has 4 nitrogen and oxygen atoms in total. The van der Waals surface area contributed by atoms with Crippen LogP contribution in [0.3, 0.4) is 0 Å². The Kier molecular flexibility index (Phi) is 5.42. The zero-order valence-electron chi connectivity index (χ0n) is 13.3. The first-order valence-electron chi connectivity index (χ1n) is 7.45. The second-order valence-corrected chi connectivity index (χ2v) is 7.21. The Balaban J connectivity index is 2.13. The maximum Gasteiger partial charge on any atom is 0.0947 e. The molecule has 2 aromatic rings. The number of aromatic nitrogens is 3. The van der Waals surface area contributed by atoms with E-state index in [1.807, 2.05) is 12.3 Å². The third-order valence-electron chi connectivity index (χ3n) is 3.35. The number of rotatable bonds is 6. The van der Waals surface area contributed by atoms with Crippen molar-refractivity contribution in [1.29, 1.82) is 0 Å². The Morgan fingerprint density at radius 2 is 2.10 bits per heavy atom. The van der Waals surface area contributed by atoms with Crippen molar-refractivity contribution >= 4 is 11.3 Å². The second kappa shape index (κ2) is 7.09. The van der Waals surface area contributed by atoms with E-state index in [0.717, 1.165) is 19.4 Å². The van der Waals surface area contributed by atoms with Gasteiger partial charge in [0.15, 0.2) is 0 Å². The van der Waals surface area contributed by atoms with Crippen LogP contribution < -0.4 is 5.32 Å². The van der Waals surface area contributed by atoms with Crippen LogP contribution >= 0.6 is 11.3 Å². The number of thiazole rings is 1. The molecule has 2 rings (SSSR count). The van der Waals surface area contributed by atoms with E-state index in [9.17, 15) is 0 Å². The molecule has 114 valence electrons. The first-order valence-corrected chi connectivity index (χ1v) is 8.33. The van der Waals surface area contributed by atoms with E-state index in [1.54, 1.807) is 17.5 Å². The van der Waals surface area contributed by atoms with Crippen molar-refractivity contribution in [3.63, 3.8) is 0 Å². The summed E-state index contributed by atoms with van der Waals surface area (Å²) in [6.07, 6.45) is 5.59. The smallest absolute Gasteiger partial charge is 0.0947 e. The van der Waals surface area contributed by atoms with Gasteiger partial charge in [-0.1, -0.05) is 27.7 Å². The van der Waals surface area contributed by atoms with Gasteiger partial charge in [0.25, 0.3) is 0 Å². The molecule has 0 aromatic carbocycles. The SMILES string of the molecule is CCCNC(Cc1nc(C(C)(C)C)cs1)c1ccnnc1. The van der Waals surface area contributed by atoms with E-state index in [4.69, 9.17) is 4.98 Å². The Labute approximate surface area is 131 Å². The number of hydrogen-bond donors (Lipinski definition) is 1. The highest BCUT2D eigenvalue weighted by Gasteiger charge is 2.19. The molecule has 1 N–H and O–H groups in total. The molecule has 0 radical (unpaired) electrons. The van der Waals surface area contributed by atoms with Crippen molar-refractivity contribution in [3.8, 4) is 0 Å². The van der Waals surface area contributed by atoms with Gasteiger partial charge in [0.2, 0.25) is 0 Å². The number of nitrogens with one attached hydrogen (secondary N) is 1. The molecular formula is C16H24N4S. The second-order valence-electron chi connectivity index (χ2n) is 6.26. The minimum absolute atomic E-state index is 0.110. The van der Waals surface area contributed by atoms with Gasteiger partial charge in [0.1, 0.15) is 0 Å². The van der Waals surface area contributed by atoms with Gasteiger partial charge in [0.05, 0.1) is 16.9 Å². The van der Waals surface area contributed by atoms with E-state index in [1.165, 1.54) is 16.3 Å². The standard InChI is InChI=1S/C16H24N4S/c1-5-7-17-13(12-6-8-18-19-10-12)9-15-20-14(11-21-15)16(2,3)4/h6,8,10-11,13,17H,5,7,9H2,1-4H3. The Morgan fingerprint density at radius 3 is 2.67 bits per heavy atom. The first kappa shape index (κ1) is 16.0. The fourth-order valence-corrected chi connectivity index (χ4v) is 3.13. The summed E-state index contributed by atoms with van der Waals surface area (Å²) in [5.74, 6) is 0. The summed E-state index contributed by atoms with van der Waals surface area (Å²) >= 11 is 1.75. The minimum Gasteiger partial charge on any atom is -0.310 e. The van der Waals surface area contributed by atoms with Gasteiger partial charge in [-0.25, -0.2) is 4.98 Å². The lowest BCUT2D eigenvalue weighted by atomic mass is 9.93. The van der Waals surface area contributed by atoms with E-state index in [0.29, 0.717) is 0 Å². The Hall–Kier alpha value is -1.33. The molecule has 5 heteroatoms. The highest BCUT2D eigenvalue weighted by molar-refractivity contribution is 7.09. The fraction of sp³-hybridized carbons (Fsp3) is 0.562. The summed E-state index contributed by atoms with van der Waals surface area (Å²) in [6.45, 7) is 9.77. The van der Waals surface area contributed by atoms with Gasteiger partial charge in [0, 0.05) is 29.5 Å². The van der Waals surface area contributed by atoms with Gasteiger partial charge in [-0.05, 0) is 24.6 Å². The van der Waals surface area contributed by atoms with Gasteiger partial charge < -0.3 is 5.32 Å². The van der Waals surface area contributed by atoms with Gasteiger partial charge in [-0.3, -0.25) is 0 Å². The van der Waals surface area contributed by atoms with Crippen molar-refractivity contribution < 1.29 is 0 Å². The number of hydrogen-bond acceptors (Lipinski definition) is 5. The van der Waals surface area contributed by atoms with E-state index in [-0.39, 0.29) is 11.5 Å². The summed E-state index contributed by atoms with van der Waals surface area (Å²) in [7, 11) is 0. The molecular weight excluding hydrogens is 280 g/mol. The Bertz CT molecular complexity index is 545. The van der Waals surface area contributed by atoms with Crippen LogP contribution in [-0.2, 0) is 11.8 Å². The van der Waals surface area contributed by atoms with Crippen molar-refractivity contribution in [3.05, 3.63) is 40.1 Å². The van der Waals surface area contributed by atoms with Crippen LogP contribution in [0.5, 0.6) is 0 Å². The lowest BCUT2D eigenvalue weighted by Crippen LogP contribution is -2.24. The molecule has 0 aliphatic heterocycles. The molecule has 2 heterocycles. The predicted molar refractivity (Wildman–Crippen MR) is 87.6 cm³/mol. The largest absolute Gasteiger partial charge is 0.310 e. The van der Waals surface area contributed by atoms with Crippen LogP contribution in [0.25, 0.3) is 0 Å². The molecule has 0 amide bonds. The van der Waals surface area contributed by atoms with Gasteiger partial charge in [-0.15, -0.1) is 11.3 Å². The summed E-state index contributed by atoms with van der Waals surface area (Å²) in [5, 5.41) is 14.8. The average Bonchev–Trinajstić information content (AvgIpc) is 2.93. The van der Waals surface area contributed by atoms with Crippen LogP contribution in [0, 0.1) is 0 Å². The van der Waals surface area contributed by atoms with E-state index in [2.05, 4.69) is 48.6 Å². The third kappa shape index (κ3) is 4.58. The average molecular weight is 304 g/mol. The fourth-order valence-electron chi connectivity index (χ4n) is 2.06. The Morgan fingerprint density at radius 1 is 1.29 bits per heavy atom. The van der Waals surface area contributed by atoms with Crippen molar-refractivity contribution in [2.24, 2.45) is 0 Å². The van der Waals surface area contributed by atoms with Gasteiger partial charge >= 0.3 is 0 Å². The molecule has 2 aromatic heterocycles. The monoisotopic (exact) mass is 304 g/mol.